The van der Waals surface area contributed by atoms with E-state index in [1.54, 1.807) is 0 Å². The first-order valence-corrected chi connectivity index (χ1v) is 4.29. The minimum Gasteiger partial charge on any atom is -0.461 e. The smallest absolute Gasteiger partial charge is 0.137 e. The summed E-state index contributed by atoms with van der Waals surface area (Å²) in [6, 6.07) is 8.36. The van der Waals surface area contributed by atoms with Crippen LogP contribution in [0.25, 0.3) is 11.0 Å². The van der Waals surface area contributed by atoms with Gasteiger partial charge in [-0.15, -0.1) is 0 Å². The maximum absolute atomic E-state index is 5.59. The summed E-state index contributed by atoms with van der Waals surface area (Å²) in [6.07, 6.45) is 1.03. The predicted octanol–water partition coefficient (Wildman–Crippen LogP) is 3.30. The second-order valence-corrected chi connectivity index (χ2v) is 3.05. The molecular weight excluding hydrogens is 148 g/mol. The van der Waals surface area contributed by atoms with Gasteiger partial charge in [0.15, 0.2) is 0 Å². The highest BCUT2D eigenvalue weighted by Gasteiger charge is 2.02. The lowest BCUT2D eigenvalue weighted by atomic mass is 10.1. The summed E-state index contributed by atoms with van der Waals surface area (Å²) < 4.78 is 5.59. The average molecular weight is 160 g/mol. The van der Waals surface area contributed by atoms with Crippen molar-refractivity contribution in [1.82, 2.24) is 0 Å². The number of hydrogen-bond donors (Lipinski definition) is 0. The molecule has 0 aliphatic carbocycles. The fourth-order valence-corrected chi connectivity index (χ4v) is 1.53. The van der Waals surface area contributed by atoms with E-state index in [9.17, 15) is 0 Å². The molecule has 1 aromatic carbocycles. The van der Waals surface area contributed by atoms with Crippen LogP contribution in [0.5, 0.6) is 0 Å². The lowest BCUT2D eigenvalue weighted by molar-refractivity contribution is 0.575. The molecule has 1 nitrogen and oxygen atoms in total. The third kappa shape index (κ3) is 1.02. The molecule has 0 unspecified atom stereocenters. The van der Waals surface area contributed by atoms with Crippen LogP contribution < -0.4 is 0 Å². The van der Waals surface area contributed by atoms with E-state index in [0.29, 0.717) is 0 Å². The Morgan fingerprint density at radius 2 is 2.17 bits per heavy atom. The Bertz CT molecular complexity index is 398. The largest absolute Gasteiger partial charge is 0.461 e. The molecule has 2 aromatic rings. The van der Waals surface area contributed by atoms with Gasteiger partial charge in [-0.1, -0.05) is 25.1 Å². The molecule has 0 spiro atoms. The second-order valence-electron chi connectivity index (χ2n) is 3.05. The van der Waals surface area contributed by atoms with Crippen molar-refractivity contribution in [2.75, 3.05) is 0 Å². The minimum atomic E-state index is 0.992. The van der Waals surface area contributed by atoms with Gasteiger partial charge in [-0.3, -0.25) is 0 Å². The molecule has 12 heavy (non-hydrogen) atoms. The van der Waals surface area contributed by atoms with Crippen molar-refractivity contribution in [2.24, 2.45) is 0 Å². The van der Waals surface area contributed by atoms with Gasteiger partial charge in [0.25, 0.3) is 0 Å². The highest BCUT2D eigenvalue weighted by molar-refractivity contribution is 5.81. The van der Waals surface area contributed by atoms with E-state index in [-0.39, 0.29) is 0 Å². The number of fused-ring (bicyclic) bond motifs is 1. The van der Waals surface area contributed by atoms with Crippen LogP contribution >= 0.6 is 0 Å². The first kappa shape index (κ1) is 7.41. The van der Waals surface area contributed by atoms with Crippen LogP contribution in [0.4, 0.5) is 0 Å². The van der Waals surface area contributed by atoms with Gasteiger partial charge in [0.1, 0.15) is 11.3 Å². The molecule has 62 valence electrons. The molecule has 1 heteroatoms. The molecule has 1 aromatic heterocycles. The first-order valence-electron chi connectivity index (χ1n) is 4.29. The summed E-state index contributed by atoms with van der Waals surface area (Å²) in [5.74, 6) is 0.992. The zero-order valence-corrected chi connectivity index (χ0v) is 7.42. The number of rotatable bonds is 1. The third-order valence-corrected chi connectivity index (χ3v) is 2.13. The summed E-state index contributed by atoms with van der Waals surface area (Å²) in [6.45, 7) is 4.13. The summed E-state index contributed by atoms with van der Waals surface area (Å²) in [4.78, 5) is 0. The standard InChI is InChI=1S/C11H12O/c1-3-9-5-4-6-10-7-8(2)12-11(9)10/h4-7H,3H2,1-2H3. The summed E-state index contributed by atoms with van der Waals surface area (Å²) in [7, 11) is 0. The Hall–Kier alpha value is -1.24. The average Bonchev–Trinajstić information content (AvgIpc) is 2.44. The number of furan rings is 1. The maximum atomic E-state index is 5.59. The molecular formula is C11H12O. The molecule has 0 aliphatic rings. The first-order chi connectivity index (χ1) is 5.81. The summed E-state index contributed by atoms with van der Waals surface area (Å²) in [5.41, 5.74) is 2.35. The summed E-state index contributed by atoms with van der Waals surface area (Å²) >= 11 is 0. The van der Waals surface area contributed by atoms with Crippen molar-refractivity contribution in [3.63, 3.8) is 0 Å². The molecule has 0 bridgehead atoms. The van der Waals surface area contributed by atoms with Gasteiger partial charge in [-0.05, 0) is 25.0 Å². The van der Waals surface area contributed by atoms with Crippen LogP contribution in [0.15, 0.2) is 28.7 Å². The fourth-order valence-electron chi connectivity index (χ4n) is 1.53. The Labute approximate surface area is 72.0 Å². The second kappa shape index (κ2) is 2.67. The van der Waals surface area contributed by atoms with Crippen molar-refractivity contribution >= 4 is 11.0 Å². The topological polar surface area (TPSA) is 13.1 Å². The zero-order chi connectivity index (χ0) is 8.55. The van der Waals surface area contributed by atoms with Crippen LogP contribution in [0.1, 0.15) is 18.2 Å². The van der Waals surface area contributed by atoms with Gasteiger partial charge in [0.2, 0.25) is 0 Å². The van der Waals surface area contributed by atoms with Gasteiger partial charge in [0, 0.05) is 5.39 Å². The Kier molecular flexibility index (Phi) is 1.65. The lowest BCUT2D eigenvalue weighted by Crippen LogP contribution is -1.78. The normalized spacial score (nSPS) is 10.8. The van der Waals surface area contributed by atoms with Gasteiger partial charge in [-0.2, -0.15) is 0 Å². The van der Waals surface area contributed by atoms with E-state index in [4.69, 9.17) is 4.42 Å². The van der Waals surface area contributed by atoms with Crippen molar-refractivity contribution < 1.29 is 4.42 Å². The predicted molar refractivity (Wildman–Crippen MR) is 50.3 cm³/mol. The van der Waals surface area contributed by atoms with E-state index >= 15 is 0 Å². The van der Waals surface area contributed by atoms with E-state index < -0.39 is 0 Å². The number of para-hydroxylation sites is 1. The quantitative estimate of drug-likeness (QED) is 0.623. The SMILES string of the molecule is CCc1cccc2cc(C)oc12. The molecule has 0 saturated carbocycles. The molecule has 1 heterocycles. The van der Waals surface area contributed by atoms with Gasteiger partial charge in [-0.25, -0.2) is 0 Å². The maximum Gasteiger partial charge on any atom is 0.137 e. The molecule has 0 radical (unpaired) electrons. The van der Waals surface area contributed by atoms with Crippen LogP contribution in [-0.2, 0) is 6.42 Å². The number of hydrogen-bond acceptors (Lipinski definition) is 1. The molecule has 0 amide bonds. The Morgan fingerprint density at radius 1 is 1.33 bits per heavy atom. The zero-order valence-electron chi connectivity index (χ0n) is 7.42. The monoisotopic (exact) mass is 160 g/mol. The van der Waals surface area contributed by atoms with Crippen molar-refractivity contribution in [1.29, 1.82) is 0 Å². The van der Waals surface area contributed by atoms with Gasteiger partial charge >= 0.3 is 0 Å². The Morgan fingerprint density at radius 3 is 2.92 bits per heavy atom. The van der Waals surface area contributed by atoms with Crippen LogP contribution in [0.3, 0.4) is 0 Å². The molecule has 0 saturated heterocycles. The molecule has 0 atom stereocenters. The number of aryl methyl sites for hydroxylation is 2. The molecule has 0 N–H and O–H groups in total. The van der Waals surface area contributed by atoms with Crippen LogP contribution in [-0.4, -0.2) is 0 Å². The molecule has 2 rings (SSSR count). The van der Waals surface area contributed by atoms with Crippen molar-refractivity contribution in [3.8, 4) is 0 Å². The van der Waals surface area contributed by atoms with E-state index in [2.05, 4.69) is 31.2 Å². The van der Waals surface area contributed by atoms with Gasteiger partial charge in [0.05, 0.1) is 0 Å². The van der Waals surface area contributed by atoms with Crippen LogP contribution in [0.2, 0.25) is 0 Å². The number of benzene rings is 1. The van der Waals surface area contributed by atoms with Gasteiger partial charge < -0.3 is 4.42 Å². The fraction of sp³-hybridized carbons (Fsp3) is 0.273. The minimum absolute atomic E-state index is 0.992. The summed E-state index contributed by atoms with van der Waals surface area (Å²) in [5, 5.41) is 1.21. The highest BCUT2D eigenvalue weighted by atomic mass is 16.3. The van der Waals surface area contributed by atoms with E-state index in [0.717, 1.165) is 17.8 Å². The third-order valence-electron chi connectivity index (χ3n) is 2.13. The molecule has 0 aliphatic heterocycles. The van der Waals surface area contributed by atoms with E-state index in [1.165, 1.54) is 10.9 Å². The lowest BCUT2D eigenvalue weighted by Gasteiger charge is -1.95. The highest BCUT2D eigenvalue weighted by Crippen LogP contribution is 2.22. The van der Waals surface area contributed by atoms with Crippen molar-refractivity contribution in [2.45, 2.75) is 20.3 Å². The van der Waals surface area contributed by atoms with E-state index in [1.807, 2.05) is 6.92 Å². The molecule has 0 fully saturated rings. The Balaban J connectivity index is 2.78. The van der Waals surface area contributed by atoms with Crippen molar-refractivity contribution in [3.05, 3.63) is 35.6 Å². The van der Waals surface area contributed by atoms with Crippen LogP contribution in [0, 0.1) is 6.92 Å².